The molecule has 1 N–H and O–H groups in total. The Balaban J connectivity index is 2.02. The smallest absolute Gasteiger partial charge is 0.341 e. The number of hydrogen-bond donors (Lipinski definition) is 1. The predicted octanol–water partition coefficient (Wildman–Crippen LogP) is 3.74. The molecule has 2 heterocycles. The third-order valence-corrected chi connectivity index (χ3v) is 5.55. The van der Waals surface area contributed by atoms with Crippen LogP contribution in [0, 0.1) is 0 Å². The SMILES string of the molecule is COC(=O)c1c(N=Cc2cc(Br)ccc2O)sc2c1CCN(C)C2. The summed E-state index contributed by atoms with van der Waals surface area (Å²) in [5.41, 5.74) is 2.18. The number of fused-ring (bicyclic) bond motifs is 1. The van der Waals surface area contributed by atoms with Gasteiger partial charge in [0.05, 0.1) is 12.7 Å². The van der Waals surface area contributed by atoms with Gasteiger partial charge in [-0.25, -0.2) is 9.79 Å². The number of aromatic hydroxyl groups is 1. The number of thiophene rings is 1. The lowest BCUT2D eigenvalue weighted by Gasteiger charge is -2.22. The summed E-state index contributed by atoms with van der Waals surface area (Å²) < 4.78 is 5.80. The van der Waals surface area contributed by atoms with Crippen LogP contribution in [0.25, 0.3) is 0 Å². The van der Waals surface area contributed by atoms with Gasteiger partial charge in [-0.05, 0) is 37.2 Å². The Kier molecular flexibility index (Phi) is 5.03. The summed E-state index contributed by atoms with van der Waals surface area (Å²) in [4.78, 5) is 20.1. The van der Waals surface area contributed by atoms with Crippen LogP contribution in [0.5, 0.6) is 5.75 Å². The van der Waals surface area contributed by atoms with Gasteiger partial charge in [0.2, 0.25) is 0 Å². The summed E-state index contributed by atoms with van der Waals surface area (Å²) in [5, 5.41) is 10.6. The summed E-state index contributed by atoms with van der Waals surface area (Å²) in [6, 6.07) is 5.13. The van der Waals surface area contributed by atoms with E-state index in [0.29, 0.717) is 16.1 Å². The molecule has 0 amide bonds. The predicted molar refractivity (Wildman–Crippen MR) is 98.8 cm³/mol. The minimum Gasteiger partial charge on any atom is -0.507 e. The van der Waals surface area contributed by atoms with Gasteiger partial charge in [-0.15, -0.1) is 11.3 Å². The molecule has 1 aliphatic rings. The molecule has 0 atom stereocenters. The van der Waals surface area contributed by atoms with Crippen molar-refractivity contribution in [2.24, 2.45) is 4.99 Å². The number of phenols is 1. The maximum Gasteiger partial charge on any atom is 0.341 e. The van der Waals surface area contributed by atoms with Crippen molar-refractivity contribution in [1.29, 1.82) is 0 Å². The molecule has 1 aromatic heterocycles. The number of halogens is 1. The Labute approximate surface area is 152 Å². The zero-order valence-electron chi connectivity index (χ0n) is 13.4. The fraction of sp³-hybridized carbons (Fsp3) is 0.294. The Morgan fingerprint density at radius 2 is 2.29 bits per heavy atom. The molecule has 126 valence electrons. The molecule has 0 bridgehead atoms. The van der Waals surface area contributed by atoms with Gasteiger partial charge in [-0.1, -0.05) is 15.9 Å². The van der Waals surface area contributed by atoms with Crippen molar-refractivity contribution in [1.82, 2.24) is 4.90 Å². The number of methoxy groups -OCH3 is 1. The van der Waals surface area contributed by atoms with E-state index in [1.807, 2.05) is 0 Å². The first-order valence-corrected chi connectivity index (χ1v) is 9.04. The minimum atomic E-state index is -0.359. The minimum absolute atomic E-state index is 0.141. The van der Waals surface area contributed by atoms with Crippen LogP contribution in [0.1, 0.15) is 26.4 Å². The van der Waals surface area contributed by atoms with E-state index in [1.165, 1.54) is 18.4 Å². The van der Waals surface area contributed by atoms with Crippen molar-refractivity contribution in [2.75, 3.05) is 20.7 Å². The van der Waals surface area contributed by atoms with E-state index in [1.54, 1.807) is 24.4 Å². The third kappa shape index (κ3) is 3.38. The first-order valence-electron chi connectivity index (χ1n) is 7.43. The quantitative estimate of drug-likeness (QED) is 0.620. The van der Waals surface area contributed by atoms with E-state index in [-0.39, 0.29) is 11.7 Å². The van der Waals surface area contributed by atoms with Crippen LogP contribution in [-0.2, 0) is 17.7 Å². The highest BCUT2D eigenvalue weighted by Crippen LogP contribution is 2.39. The lowest BCUT2D eigenvalue weighted by molar-refractivity contribution is 0.0600. The number of phenolic OH excluding ortho intramolecular Hbond substituents is 1. The number of aliphatic imine (C=N–C) groups is 1. The maximum atomic E-state index is 12.2. The molecule has 0 aliphatic carbocycles. The summed E-state index contributed by atoms with van der Waals surface area (Å²) >= 11 is 4.88. The average Bonchev–Trinajstić information content (AvgIpc) is 2.92. The largest absolute Gasteiger partial charge is 0.507 e. The van der Waals surface area contributed by atoms with Crippen molar-refractivity contribution < 1.29 is 14.6 Å². The molecule has 0 radical (unpaired) electrons. The molecule has 0 spiro atoms. The van der Waals surface area contributed by atoms with Crippen LogP contribution in [0.2, 0.25) is 0 Å². The summed E-state index contributed by atoms with van der Waals surface area (Å²) in [6.07, 6.45) is 2.39. The number of ether oxygens (including phenoxy) is 1. The number of rotatable bonds is 3. The highest BCUT2D eigenvalue weighted by molar-refractivity contribution is 9.10. The van der Waals surface area contributed by atoms with Crippen LogP contribution in [-0.4, -0.2) is 42.9 Å². The monoisotopic (exact) mass is 408 g/mol. The van der Waals surface area contributed by atoms with Crippen LogP contribution in [0.3, 0.4) is 0 Å². The fourth-order valence-electron chi connectivity index (χ4n) is 2.68. The van der Waals surface area contributed by atoms with Gasteiger partial charge in [0.25, 0.3) is 0 Å². The molecule has 7 heteroatoms. The number of esters is 1. The molecule has 2 aromatic rings. The zero-order valence-corrected chi connectivity index (χ0v) is 15.8. The van der Waals surface area contributed by atoms with Gasteiger partial charge in [0, 0.05) is 34.2 Å². The highest BCUT2D eigenvalue weighted by Gasteiger charge is 2.27. The molecule has 24 heavy (non-hydrogen) atoms. The number of likely N-dealkylation sites (N-methyl/N-ethyl adjacent to an activating group) is 1. The van der Waals surface area contributed by atoms with Gasteiger partial charge in [0.1, 0.15) is 10.8 Å². The van der Waals surface area contributed by atoms with Crippen molar-refractivity contribution >= 4 is 44.5 Å². The summed E-state index contributed by atoms with van der Waals surface area (Å²) in [5.74, 6) is -0.217. The zero-order chi connectivity index (χ0) is 17.3. The molecule has 0 saturated carbocycles. The molecule has 0 unspecified atom stereocenters. The molecule has 0 fully saturated rings. The standard InChI is InChI=1S/C17H17BrN2O3S/c1-20-6-5-12-14(9-20)24-16(15(12)17(22)23-2)19-8-10-7-11(18)3-4-13(10)21/h3-4,7-8,21H,5-6,9H2,1-2H3. The second-order valence-corrected chi connectivity index (χ2v) is 7.62. The van der Waals surface area contributed by atoms with Gasteiger partial charge in [0.15, 0.2) is 0 Å². The third-order valence-electron chi connectivity index (χ3n) is 3.93. The second-order valence-electron chi connectivity index (χ2n) is 5.62. The maximum absolute atomic E-state index is 12.2. The van der Waals surface area contributed by atoms with E-state index in [0.717, 1.165) is 34.4 Å². The van der Waals surface area contributed by atoms with E-state index in [4.69, 9.17) is 4.74 Å². The number of carbonyl (C=O) groups excluding carboxylic acids is 1. The molecular weight excluding hydrogens is 392 g/mol. The lowest BCUT2D eigenvalue weighted by atomic mass is 10.0. The average molecular weight is 409 g/mol. The Morgan fingerprint density at radius 1 is 1.50 bits per heavy atom. The second kappa shape index (κ2) is 7.04. The topological polar surface area (TPSA) is 62.1 Å². The molecule has 1 aliphatic heterocycles. The fourth-order valence-corrected chi connectivity index (χ4v) is 4.32. The first kappa shape index (κ1) is 17.1. The molecule has 0 saturated heterocycles. The first-order chi connectivity index (χ1) is 11.5. The molecule has 3 rings (SSSR count). The normalized spacial score (nSPS) is 14.8. The van der Waals surface area contributed by atoms with Crippen molar-refractivity contribution in [2.45, 2.75) is 13.0 Å². The van der Waals surface area contributed by atoms with Crippen molar-refractivity contribution in [3.63, 3.8) is 0 Å². The van der Waals surface area contributed by atoms with Gasteiger partial charge >= 0.3 is 5.97 Å². The Bertz CT molecular complexity index is 816. The summed E-state index contributed by atoms with van der Waals surface area (Å²) in [6.45, 7) is 1.71. The number of nitrogens with zero attached hydrogens (tertiary/aromatic N) is 2. The lowest BCUT2D eigenvalue weighted by Crippen LogP contribution is -2.26. The van der Waals surface area contributed by atoms with E-state index in [2.05, 4.69) is 32.9 Å². The van der Waals surface area contributed by atoms with E-state index < -0.39 is 0 Å². The van der Waals surface area contributed by atoms with Gasteiger partial charge < -0.3 is 14.7 Å². The van der Waals surface area contributed by atoms with E-state index in [9.17, 15) is 9.90 Å². The number of hydrogen-bond acceptors (Lipinski definition) is 6. The molecular formula is C17H17BrN2O3S. The van der Waals surface area contributed by atoms with E-state index >= 15 is 0 Å². The van der Waals surface area contributed by atoms with Gasteiger partial charge in [-0.3, -0.25) is 0 Å². The van der Waals surface area contributed by atoms with Gasteiger partial charge in [-0.2, -0.15) is 0 Å². The van der Waals surface area contributed by atoms with Crippen LogP contribution < -0.4 is 0 Å². The highest BCUT2D eigenvalue weighted by atomic mass is 79.9. The van der Waals surface area contributed by atoms with Crippen LogP contribution in [0.4, 0.5) is 5.00 Å². The van der Waals surface area contributed by atoms with Crippen molar-refractivity contribution in [3.05, 3.63) is 44.2 Å². The van der Waals surface area contributed by atoms with Crippen LogP contribution >= 0.6 is 27.3 Å². The number of benzene rings is 1. The molecule has 1 aromatic carbocycles. The summed E-state index contributed by atoms with van der Waals surface area (Å²) in [7, 11) is 3.44. The Hall–Kier alpha value is -1.70. The Morgan fingerprint density at radius 3 is 3.04 bits per heavy atom. The molecule has 5 nitrogen and oxygen atoms in total. The van der Waals surface area contributed by atoms with Crippen molar-refractivity contribution in [3.8, 4) is 5.75 Å². The van der Waals surface area contributed by atoms with Crippen LogP contribution in [0.15, 0.2) is 27.7 Å². The number of carbonyl (C=O) groups is 1.